The summed E-state index contributed by atoms with van der Waals surface area (Å²) < 4.78 is 28.5. The van der Waals surface area contributed by atoms with Crippen molar-refractivity contribution in [3.8, 4) is 5.75 Å². The molecule has 0 spiro atoms. The highest BCUT2D eigenvalue weighted by molar-refractivity contribution is 5.99. The molecule has 1 aromatic carbocycles. The molecule has 2 N–H and O–H groups in total. The summed E-state index contributed by atoms with van der Waals surface area (Å²) in [5, 5.41) is 13.1. The maximum Gasteiger partial charge on any atom is 0.276 e. The SMILES string of the molecule is CC[C@H]1CCN(CC(C)C)[C@@H]2Cn3cc(C(=O)NCc4ccc(F)cc4F)c(=O)c(O)c3C(=O)N12. The van der Waals surface area contributed by atoms with Gasteiger partial charge >= 0.3 is 0 Å². The number of halogens is 2. The Labute approximate surface area is 202 Å². The highest BCUT2D eigenvalue weighted by Gasteiger charge is 2.44. The highest BCUT2D eigenvalue weighted by Crippen LogP contribution is 2.32. The molecule has 35 heavy (non-hydrogen) atoms. The summed E-state index contributed by atoms with van der Waals surface area (Å²) in [6.07, 6.45) is 2.58. The minimum absolute atomic E-state index is 0.00672. The Balaban J connectivity index is 1.66. The van der Waals surface area contributed by atoms with Gasteiger partial charge in [-0.15, -0.1) is 0 Å². The van der Waals surface area contributed by atoms with Crippen molar-refractivity contribution in [1.82, 2.24) is 19.7 Å². The Morgan fingerprint density at radius 2 is 2.00 bits per heavy atom. The lowest BCUT2D eigenvalue weighted by molar-refractivity contribution is -0.0416. The molecule has 0 radical (unpaired) electrons. The minimum atomic E-state index is -0.968. The third kappa shape index (κ3) is 4.67. The van der Waals surface area contributed by atoms with E-state index in [2.05, 4.69) is 24.1 Å². The molecule has 188 valence electrons. The second-order valence-electron chi connectivity index (χ2n) is 9.57. The van der Waals surface area contributed by atoms with Crippen molar-refractivity contribution < 1.29 is 23.5 Å². The summed E-state index contributed by atoms with van der Waals surface area (Å²) in [7, 11) is 0. The number of benzene rings is 1. The van der Waals surface area contributed by atoms with Crippen molar-refractivity contribution in [2.75, 3.05) is 13.1 Å². The van der Waals surface area contributed by atoms with Crippen LogP contribution in [0.1, 0.15) is 60.0 Å². The van der Waals surface area contributed by atoms with E-state index in [0.717, 1.165) is 32.0 Å². The number of pyridine rings is 1. The number of fused-ring (bicyclic) bond motifs is 2. The van der Waals surface area contributed by atoms with Crippen molar-refractivity contribution in [2.24, 2.45) is 5.92 Å². The van der Waals surface area contributed by atoms with Gasteiger partial charge in [0.1, 0.15) is 23.4 Å². The quantitative estimate of drug-likeness (QED) is 0.652. The van der Waals surface area contributed by atoms with Crippen molar-refractivity contribution in [2.45, 2.75) is 58.9 Å². The molecule has 2 aliphatic heterocycles. The van der Waals surface area contributed by atoms with Gasteiger partial charge in [-0.05, 0) is 24.8 Å². The first-order valence-electron chi connectivity index (χ1n) is 11.9. The zero-order valence-corrected chi connectivity index (χ0v) is 20.1. The first-order valence-corrected chi connectivity index (χ1v) is 11.9. The van der Waals surface area contributed by atoms with E-state index in [1.807, 2.05) is 6.92 Å². The van der Waals surface area contributed by atoms with Crippen LogP contribution in [0.4, 0.5) is 8.78 Å². The predicted molar refractivity (Wildman–Crippen MR) is 125 cm³/mol. The van der Waals surface area contributed by atoms with Crippen LogP contribution < -0.4 is 10.7 Å². The van der Waals surface area contributed by atoms with Crippen LogP contribution in [-0.2, 0) is 13.1 Å². The standard InChI is InChI=1S/C25H30F2N4O4/c1-4-17-7-8-29(11-14(2)3)20-13-30-12-18(22(32)23(33)21(30)25(35)31(17)20)24(34)28-10-15-5-6-16(26)9-19(15)27/h5-6,9,12,14,17,20,33H,4,7-8,10-11,13H2,1-3H3,(H,28,34)/t17-,20-/m0/s1. The number of carbonyl (C=O) groups is 2. The van der Waals surface area contributed by atoms with E-state index >= 15 is 0 Å². The number of nitrogens with zero attached hydrogens (tertiary/aromatic N) is 3. The largest absolute Gasteiger partial charge is 0.503 e. The Morgan fingerprint density at radius 1 is 1.26 bits per heavy atom. The fraction of sp³-hybridized carbons (Fsp3) is 0.480. The molecule has 2 aromatic rings. The summed E-state index contributed by atoms with van der Waals surface area (Å²) in [6, 6.07) is 2.96. The Morgan fingerprint density at radius 3 is 2.66 bits per heavy atom. The minimum Gasteiger partial charge on any atom is -0.503 e. The number of carbonyl (C=O) groups excluding carboxylic acids is 2. The Hall–Kier alpha value is -3.27. The van der Waals surface area contributed by atoms with Crippen LogP contribution >= 0.6 is 0 Å². The average Bonchev–Trinajstić information content (AvgIpc) is 2.80. The van der Waals surface area contributed by atoms with Gasteiger partial charge in [0.05, 0.1) is 6.54 Å². The van der Waals surface area contributed by atoms with Gasteiger partial charge in [-0.2, -0.15) is 0 Å². The van der Waals surface area contributed by atoms with E-state index in [4.69, 9.17) is 0 Å². The van der Waals surface area contributed by atoms with E-state index < -0.39 is 34.6 Å². The molecule has 0 saturated carbocycles. The normalized spacial score (nSPS) is 20.1. The number of hydrogen-bond acceptors (Lipinski definition) is 5. The van der Waals surface area contributed by atoms with Crippen LogP contribution in [0.15, 0.2) is 29.2 Å². The summed E-state index contributed by atoms with van der Waals surface area (Å²) in [4.78, 5) is 43.1. The molecule has 0 bridgehead atoms. The molecule has 2 amide bonds. The third-order valence-corrected chi connectivity index (χ3v) is 6.71. The maximum absolute atomic E-state index is 13.9. The number of aromatic hydroxyl groups is 1. The van der Waals surface area contributed by atoms with E-state index in [-0.39, 0.29) is 35.6 Å². The highest BCUT2D eigenvalue weighted by atomic mass is 19.1. The second kappa shape index (κ2) is 9.77. The molecule has 0 unspecified atom stereocenters. The fourth-order valence-corrected chi connectivity index (χ4v) is 5.02. The summed E-state index contributed by atoms with van der Waals surface area (Å²) in [5.74, 6) is -3.22. The molecule has 2 atom stereocenters. The van der Waals surface area contributed by atoms with Gasteiger partial charge in [-0.1, -0.05) is 26.8 Å². The topological polar surface area (TPSA) is 94.9 Å². The summed E-state index contributed by atoms with van der Waals surface area (Å²) in [6.45, 7) is 7.83. The smallest absolute Gasteiger partial charge is 0.276 e. The van der Waals surface area contributed by atoms with Crippen LogP contribution in [0.25, 0.3) is 0 Å². The molecular formula is C25H30F2N4O4. The molecule has 3 heterocycles. The van der Waals surface area contributed by atoms with Crippen LogP contribution in [0.3, 0.4) is 0 Å². The van der Waals surface area contributed by atoms with Gasteiger partial charge in [0.2, 0.25) is 5.43 Å². The van der Waals surface area contributed by atoms with Gasteiger partial charge in [-0.25, -0.2) is 8.78 Å². The molecule has 10 heteroatoms. The molecule has 1 aromatic heterocycles. The van der Waals surface area contributed by atoms with Gasteiger partial charge < -0.3 is 19.9 Å². The van der Waals surface area contributed by atoms with Gasteiger partial charge in [0.15, 0.2) is 11.4 Å². The van der Waals surface area contributed by atoms with E-state index in [1.165, 1.54) is 16.8 Å². The molecule has 1 fully saturated rings. The number of rotatable bonds is 6. The Kier molecular flexibility index (Phi) is 6.93. The number of hydrogen-bond donors (Lipinski definition) is 2. The van der Waals surface area contributed by atoms with E-state index in [1.54, 1.807) is 4.90 Å². The van der Waals surface area contributed by atoms with Gasteiger partial charge in [-0.3, -0.25) is 19.3 Å². The Bertz CT molecular complexity index is 1210. The number of amides is 2. The van der Waals surface area contributed by atoms with Crippen molar-refractivity contribution in [1.29, 1.82) is 0 Å². The molecule has 8 nitrogen and oxygen atoms in total. The monoisotopic (exact) mass is 488 g/mol. The third-order valence-electron chi connectivity index (χ3n) is 6.71. The maximum atomic E-state index is 13.9. The fourth-order valence-electron chi connectivity index (χ4n) is 5.02. The lowest BCUT2D eigenvalue weighted by Crippen LogP contribution is -2.64. The lowest BCUT2D eigenvalue weighted by Gasteiger charge is -2.51. The van der Waals surface area contributed by atoms with E-state index in [0.29, 0.717) is 18.5 Å². The van der Waals surface area contributed by atoms with Gasteiger partial charge in [0, 0.05) is 43.5 Å². The number of nitrogens with one attached hydrogen (secondary N) is 1. The predicted octanol–water partition coefficient (Wildman–Crippen LogP) is 2.68. The zero-order chi connectivity index (χ0) is 25.4. The summed E-state index contributed by atoms with van der Waals surface area (Å²) >= 11 is 0. The molecular weight excluding hydrogens is 458 g/mol. The lowest BCUT2D eigenvalue weighted by atomic mass is 9.98. The van der Waals surface area contributed by atoms with Crippen molar-refractivity contribution in [3.05, 3.63) is 63.1 Å². The van der Waals surface area contributed by atoms with Crippen LogP contribution in [0.5, 0.6) is 5.75 Å². The first-order chi connectivity index (χ1) is 16.6. The number of aromatic nitrogens is 1. The van der Waals surface area contributed by atoms with Crippen molar-refractivity contribution >= 4 is 11.8 Å². The second-order valence-corrected chi connectivity index (χ2v) is 9.57. The van der Waals surface area contributed by atoms with Crippen LogP contribution in [0.2, 0.25) is 0 Å². The molecule has 0 aliphatic carbocycles. The first kappa shape index (κ1) is 24.8. The average molecular weight is 489 g/mol. The molecule has 4 rings (SSSR count). The zero-order valence-electron chi connectivity index (χ0n) is 20.1. The molecule has 2 aliphatic rings. The summed E-state index contributed by atoms with van der Waals surface area (Å²) in [5.41, 5.74) is -1.40. The van der Waals surface area contributed by atoms with Crippen LogP contribution in [-0.4, -0.2) is 56.6 Å². The molecule has 1 saturated heterocycles. The van der Waals surface area contributed by atoms with Crippen molar-refractivity contribution in [3.63, 3.8) is 0 Å². The van der Waals surface area contributed by atoms with Crippen LogP contribution in [0, 0.1) is 17.6 Å². The van der Waals surface area contributed by atoms with Gasteiger partial charge in [0.25, 0.3) is 11.8 Å². The van der Waals surface area contributed by atoms with E-state index in [9.17, 15) is 28.3 Å².